The fourth-order valence-corrected chi connectivity index (χ4v) is 2.84. The molecule has 0 aliphatic heterocycles. The van der Waals surface area contributed by atoms with Gasteiger partial charge in [-0.25, -0.2) is 0 Å². The molecule has 0 spiro atoms. The summed E-state index contributed by atoms with van der Waals surface area (Å²) in [5.41, 5.74) is 11.7. The van der Waals surface area contributed by atoms with E-state index in [1.807, 2.05) is 6.92 Å². The van der Waals surface area contributed by atoms with Gasteiger partial charge in [0, 0.05) is 12.1 Å². The normalized spacial score (nSPS) is 13.0. The van der Waals surface area contributed by atoms with Gasteiger partial charge in [-0.2, -0.15) is 0 Å². The minimum Gasteiger partial charge on any atom is -0.327 e. The van der Waals surface area contributed by atoms with Crippen molar-refractivity contribution in [3.8, 4) is 0 Å². The van der Waals surface area contributed by atoms with Gasteiger partial charge >= 0.3 is 0 Å². The minimum atomic E-state index is 0. The number of hydrogen-bond donors (Lipinski definition) is 2. The smallest absolute Gasteiger partial charge is 0.0189 e. The SMILES string of the molecule is CCCCCCCCCCCCCCCCC(N)C(C)N.Cl.Cl. The fraction of sp³-hybridized carbons (Fsp3) is 1.00. The Morgan fingerprint density at radius 3 is 1.17 bits per heavy atom. The van der Waals surface area contributed by atoms with Crippen LogP contribution in [0.3, 0.4) is 0 Å². The van der Waals surface area contributed by atoms with Crippen LogP contribution in [0.5, 0.6) is 0 Å². The first-order valence-electron chi connectivity index (χ1n) is 9.69. The summed E-state index contributed by atoms with van der Waals surface area (Å²) >= 11 is 0. The maximum atomic E-state index is 5.94. The number of halogens is 2. The molecule has 4 heteroatoms. The molecule has 2 nitrogen and oxygen atoms in total. The molecule has 4 N–H and O–H groups in total. The van der Waals surface area contributed by atoms with Crippen LogP contribution in [0, 0.1) is 0 Å². The zero-order chi connectivity index (χ0) is 15.8. The lowest BCUT2D eigenvalue weighted by molar-refractivity contribution is 0.480. The highest BCUT2D eigenvalue weighted by Crippen LogP contribution is 2.13. The predicted molar refractivity (Wildman–Crippen MR) is 111 cm³/mol. The van der Waals surface area contributed by atoms with Gasteiger partial charge in [0.1, 0.15) is 0 Å². The maximum Gasteiger partial charge on any atom is 0.0189 e. The first-order chi connectivity index (χ1) is 10.2. The Morgan fingerprint density at radius 2 is 0.870 bits per heavy atom. The highest BCUT2D eigenvalue weighted by molar-refractivity contribution is 5.85. The minimum absolute atomic E-state index is 0. The molecule has 0 radical (unpaired) electrons. The molecule has 23 heavy (non-hydrogen) atoms. The van der Waals surface area contributed by atoms with Crippen molar-refractivity contribution in [2.45, 2.75) is 122 Å². The summed E-state index contributed by atoms with van der Waals surface area (Å²) < 4.78 is 0. The molecule has 0 amide bonds. The predicted octanol–water partition coefficient (Wildman–Crippen LogP) is 6.38. The van der Waals surface area contributed by atoms with Crippen LogP contribution in [0.25, 0.3) is 0 Å². The van der Waals surface area contributed by atoms with Crippen LogP contribution in [-0.4, -0.2) is 12.1 Å². The highest BCUT2D eigenvalue weighted by atomic mass is 35.5. The lowest BCUT2D eigenvalue weighted by Gasteiger charge is -2.14. The molecule has 0 saturated carbocycles. The van der Waals surface area contributed by atoms with E-state index in [2.05, 4.69) is 6.92 Å². The molecule has 0 aromatic heterocycles. The molecule has 0 aliphatic carbocycles. The molecule has 0 saturated heterocycles. The van der Waals surface area contributed by atoms with Crippen molar-refractivity contribution in [1.29, 1.82) is 0 Å². The second-order valence-electron chi connectivity index (χ2n) is 6.91. The standard InChI is InChI=1S/C19H42N2.2ClH/c1-3-4-5-6-7-8-9-10-11-12-13-14-15-16-17-19(21)18(2)20;;/h18-19H,3-17,20-21H2,1-2H3;2*1H. The van der Waals surface area contributed by atoms with E-state index >= 15 is 0 Å². The topological polar surface area (TPSA) is 52.0 Å². The summed E-state index contributed by atoms with van der Waals surface area (Å²) in [5.74, 6) is 0. The average molecular weight is 371 g/mol. The van der Waals surface area contributed by atoms with E-state index in [1.54, 1.807) is 0 Å². The van der Waals surface area contributed by atoms with Crippen LogP contribution in [0.4, 0.5) is 0 Å². The van der Waals surface area contributed by atoms with Gasteiger partial charge in [-0.15, -0.1) is 24.8 Å². The number of nitrogens with two attached hydrogens (primary N) is 2. The summed E-state index contributed by atoms with van der Waals surface area (Å²) in [7, 11) is 0. The van der Waals surface area contributed by atoms with Gasteiger partial charge in [0.05, 0.1) is 0 Å². The molecule has 0 aromatic carbocycles. The zero-order valence-corrected chi connectivity index (χ0v) is 17.4. The third-order valence-corrected chi connectivity index (χ3v) is 4.57. The molecule has 0 rings (SSSR count). The van der Waals surface area contributed by atoms with Gasteiger partial charge in [0.25, 0.3) is 0 Å². The molecule has 0 aliphatic rings. The van der Waals surface area contributed by atoms with Crippen molar-refractivity contribution in [3.05, 3.63) is 0 Å². The van der Waals surface area contributed by atoms with Crippen molar-refractivity contribution in [2.24, 2.45) is 11.5 Å². The van der Waals surface area contributed by atoms with E-state index in [4.69, 9.17) is 11.5 Å². The van der Waals surface area contributed by atoms with Crippen LogP contribution in [0.1, 0.15) is 110 Å². The second-order valence-corrected chi connectivity index (χ2v) is 6.91. The Balaban J connectivity index is -0.00000200. The molecule has 144 valence electrons. The molecule has 0 heterocycles. The van der Waals surface area contributed by atoms with Crippen molar-refractivity contribution < 1.29 is 0 Å². The summed E-state index contributed by atoms with van der Waals surface area (Å²) in [6, 6.07) is 0.342. The fourth-order valence-electron chi connectivity index (χ4n) is 2.84. The Morgan fingerprint density at radius 1 is 0.565 bits per heavy atom. The number of unbranched alkanes of at least 4 members (excludes halogenated alkanes) is 13. The maximum absolute atomic E-state index is 5.94. The zero-order valence-electron chi connectivity index (χ0n) is 15.7. The molecule has 2 unspecified atom stereocenters. The van der Waals surface area contributed by atoms with E-state index in [9.17, 15) is 0 Å². The van der Waals surface area contributed by atoms with Gasteiger partial charge in [-0.1, -0.05) is 96.8 Å². The first-order valence-corrected chi connectivity index (χ1v) is 9.69. The summed E-state index contributed by atoms with van der Waals surface area (Å²) in [6.45, 7) is 4.29. The van der Waals surface area contributed by atoms with Gasteiger partial charge in [-0.3, -0.25) is 0 Å². The molecule has 0 fully saturated rings. The van der Waals surface area contributed by atoms with Gasteiger partial charge in [0.2, 0.25) is 0 Å². The summed E-state index contributed by atoms with van der Waals surface area (Å²) in [4.78, 5) is 0. The molecular weight excluding hydrogens is 327 g/mol. The van der Waals surface area contributed by atoms with E-state index < -0.39 is 0 Å². The molecule has 0 aromatic rings. The first kappa shape index (κ1) is 28.3. The van der Waals surface area contributed by atoms with E-state index in [1.165, 1.54) is 89.9 Å². The van der Waals surface area contributed by atoms with E-state index in [0.29, 0.717) is 0 Å². The van der Waals surface area contributed by atoms with Gasteiger partial charge in [0.15, 0.2) is 0 Å². The number of hydrogen-bond acceptors (Lipinski definition) is 2. The lowest BCUT2D eigenvalue weighted by atomic mass is 10.0. The lowest BCUT2D eigenvalue weighted by Crippen LogP contribution is -2.38. The highest BCUT2D eigenvalue weighted by Gasteiger charge is 2.06. The van der Waals surface area contributed by atoms with Crippen LogP contribution < -0.4 is 11.5 Å². The Bertz CT molecular complexity index is 202. The van der Waals surface area contributed by atoms with Gasteiger partial charge in [-0.05, 0) is 13.3 Å². The monoisotopic (exact) mass is 370 g/mol. The third kappa shape index (κ3) is 22.5. The quantitative estimate of drug-likeness (QED) is 0.309. The van der Waals surface area contributed by atoms with Crippen molar-refractivity contribution in [3.63, 3.8) is 0 Å². The summed E-state index contributed by atoms with van der Waals surface area (Å²) in [6.07, 6.45) is 20.8. The van der Waals surface area contributed by atoms with E-state index in [-0.39, 0.29) is 36.9 Å². The van der Waals surface area contributed by atoms with Crippen LogP contribution in [-0.2, 0) is 0 Å². The van der Waals surface area contributed by atoms with Crippen molar-refractivity contribution in [1.82, 2.24) is 0 Å². The van der Waals surface area contributed by atoms with Crippen LogP contribution in [0.15, 0.2) is 0 Å². The Labute approximate surface area is 158 Å². The van der Waals surface area contributed by atoms with Crippen molar-refractivity contribution >= 4 is 24.8 Å². The van der Waals surface area contributed by atoms with Crippen LogP contribution in [0.2, 0.25) is 0 Å². The molecular formula is C19H44Cl2N2. The molecule has 0 bridgehead atoms. The summed E-state index contributed by atoms with van der Waals surface area (Å²) in [5, 5.41) is 0. The van der Waals surface area contributed by atoms with Crippen molar-refractivity contribution in [2.75, 3.05) is 0 Å². The second kappa shape index (κ2) is 22.5. The third-order valence-electron chi connectivity index (χ3n) is 4.57. The number of rotatable bonds is 16. The van der Waals surface area contributed by atoms with E-state index in [0.717, 1.165) is 6.42 Å². The Kier molecular flexibility index (Phi) is 27.7. The van der Waals surface area contributed by atoms with Gasteiger partial charge < -0.3 is 11.5 Å². The average Bonchev–Trinajstić information content (AvgIpc) is 2.47. The largest absolute Gasteiger partial charge is 0.327 e. The Hall–Kier alpha value is 0.500. The molecule has 2 atom stereocenters. The van der Waals surface area contributed by atoms with Crippen LogP contribution >= 0.6 is 24.8 Å².